The number of carbonyl (C=O) groups is 1. The van der Waals surface area contributed by atoms with Crippen molar-refractivity contribution in [3.8, 4) is 11.4 Å². The zero-order valence-electron chi connectivity index (χ0n) is 15.4. The van der Waals surface area contributed by atoms with E-state index in [1.165, 1.54) is 17.8 Å². The van der Waals surface area contributed by atoms with Gasteiger partial charge in [-0.2, -0.15) is 0 Å². The Morgan fingerprint density at radius 1 is 1.21 bits per heavy atom. The molecule has 9 heteroatoms. The molecule has 3 aromatic rings. The van der Waals surface area contributed by atoms with Crippen LogP contribution in [-0.4, -0.2) is 25.9 Å². The van der Waals surface area contributed by atoms with E-state index in [4.69, 9.17) is 23.2 Å². The molecule has 1 aliphatic carbocycles. The van der Waals surface area contributed by atoms with Crippen LogP contribution in [0.1, 0.15) is 25.8 Å². The second-order valence-corrected chi connectivity index (χ2v) is 8.83. The molecule has 1 aliphatic rings. The summed E-state index contributed by atoms with van der Waals surface area (Å²) in [5, 5.41) is 12.0. The highest BCUT2D eigenvalue weighted by Crippen LogP contribution is 2.42. The zero-order chi connectivity index (χ0) is 20.5. The van der Waals surface area contributed by atoms with Crippen LogP contribution in [0.4, 0.5) is 10.1 Å². The van der Waals surface area contributed by atoms with Crippen molar-refractivity contribution in [1.29, 1.82) is 0 Å². The summed E-state index contributed by atoms with van der Waals surface area (Å²) in [4.78, 5) is 12.7. The SMILES string of the molecule is CC(Sc1nnc(-c2ccccc2F)n1C1CC1)C(=O)Nc1cccc(Cl)c1Cl. The van der Waals surface area contributed by atoms with Crippen molar-refractivity contribution >= 4 is 46.6 Å². The maximum atomic E-state index is 14.3. The standard InChI is InChI=1S/C20H17Cl2FN4OS/c1-11(19(28)24-16-8-4-6-14(21)17(16)22)29-20-26-25-18(27(20)12-9-10-12)13-5-2-3-7-15(13)23/h2-8,11-12H,9-10H2,1H3,(H,24,28). The Morgan fingerprint density at radius 3 is 2.69 bits per heavy atom. The lowest BCUT2D eigenvalue weighted by molar-refractivity contribution is -0.115. The number of amides is 1. The summed E-state index contributed by atoms with van der Waals surface area (Å²) in [6.07, 6.45) is 1.96. The van der Waals surface area contributed by atoms with Crippen LogP contribution < -0.4 is 5.32 Å². The summed E-state index contributed by atoms with van der Waals surface area (Å²) >= 11 is 13.4. The van der Waals surface area contributed by atoms with Crippen molar-refractivity contribution < 1.29 is 9.18 Å². The number of carbonyl (C=O) groups excluding carboxylic acids is 1. The Kier molecular flexibility index (Phi) is 5.81. The monoisotopic (exact) mass is 450 g/mol. The number of halogens is 3. The molecule has 150 valence electrons. The van der Waals surface area contributed by atoms with Crippen LogP contribution in [0.5, 0.6) is 0 Å². The number of hydrogen-bond acceptors (Lipinski definition) is 4. The lowest BCUT2D eigenvalue weighted by Crippen LogP contribution is -2.23. The van der Waals surface area contributed by atoms with Gasteiger partial charge in [0.15, 0.2) is 11.0 Å². The van der Waals surface area contributed by atoms with Crippen molar-refractivity contribution in [2.45, 2.75) is 36.2 Å². The van der Waals surface area contributed by atoms with Crippen molar-refractivity contribution in [3.63, 3.8) is 0 Å². The van der Waals surface area contributed by atoms with Gasteiger partial charge in [0.05, 0.1) is 26.5 Å². The molecular weight excluding hydrogens is 434 g/mol. The average Bonchev–Trinajstić information content (AvgIpc) is 3.46. The fraction of sp³-hybridized carbons (Fsp3) is 0.250. The molecule has 1 fully saturated rings. The van der Waals surface area contributed by atoms with Crippen LogP contribution in [0.2, 0.25) is 10.0 Å². The molecular formula is C20H17Cl2FN4OS. The van der Waals surface area contributed by atoms with Crippen molar-refractivity contribution in [3.05, 3.63) is 58.3 Å². The molecule has 1 atom stereocenters. The first-order chi connectivity index (χ1) is 14.0. The second-order valence-electron chi connectivity index (χ2n) is 6.74. The Balaban J connectivity index is 1.56. The number of thioether (sulfide) groups is 1. The number of rotatable bonds is 6. The Labute approximate surface area is 181 Å². The van der Waals surface area contributed by atoms with Crippen molar-refractivity contribution in [2.75, 3.05) is 5.32 Å². The highest BCUT2D eigenvalue weighted by atomic mass is 35.5. The highest BCUT2D eigenvalue weighted by Gasteiger charge is 2.32. The van der Waals surface area contributed by atoms with E-state index in [2.05, 4.69) is 15.5 Å². The van der Waals surface area contributed by atoms with Crippen molar-refractivity contribution in [1.82, 2.24) is 14.8 Å². The van der Waals surface area contributed by atoms with Gasteiger partial charge in [0.1, 0.15) is 5.82 Å². The summed E-state index contributed by atoms with van der Waals surface area (Å²) < 4.78 is 16.2. The van der Waals surface area contributed by atoms with Crippen LogP contribution in [0.3, 0.4) is 0 Å². The third kappa shape index (κ3) is 4.27. The molecule has 1 N–H and O–H groups in total. The first-order valence-electron chi connectivity index (χ1n) is 9.07. The number of hydrogen-bond donors (Lipinski definition) is 1. The van der Waals surface area contributed by atoms with Crippen LogP contribution >= 0.6 is 35.0 Å². The van der Waals surface area contributed by atoms with Gasteiger partial charge < -0.3 is 5.32 Å². The number of anilines is 1. The van der Waals surface area contributed by atoms with E-state index < -0.39 is 5.25 Å². The fourth-order valence-electron chi connectivity index (χ4n) is 2.89. The molecule has 1 unspecified atom stereocenters. The largest absolute Gasteiger partial charge is 0.324 e. The van der Waals surface area contributed by atoms with E-state index in [1.54, 1.807) is 43.3 Å². The molecule has 1 amide bonds. The predicted molar refractivity (Wildman–Crippen MR) is 114 cm³/mol. The molecule has 0 spiro atoms. The zero-order valence-corrected chi connectivity index (χ0v) is 17.7. The smallest absolute Gasteiger partial charge is 0.237 e. The molecule has 1 heterocycles. The summed E-state index contributed by atoms with van der Waals surface area (Å²) in [5.41, 5.74) is 0.855. The minimum Gasteiger partial charge on any atom is -0.324 e. The Hall–Kier alpha value is -2.09. The molecule has 2 aromatic carbocycles. The minimum absolute atomic E-state index is 0.222. The van der Waals surface area contributed by atoms with Gasteiger partial charge in [0.25, 0.3) is 0 Å². The van der Waals surface area contributed by atoms with E-state index in [0.29, 0.717) is 32.3 Å². The van der Waals surface area contributed by atoms with Gasteiger partial charge >= 0.3 is 0 Å². The lowest BCUT2D eigenvalue weighted by Gasteiger charge is -2.14. The van der Waals surface area contributed by atoms with Crippen LogP contribution in [0.15, 0.2) is 47.6 Å². The predicted octanol–water partition coefficient (Wildman–Crippen LogP) is 5.85. The molecule has 5 nitrogen and oxygen atoms in total. The summed E-state index contributed by atoms with van der Waals surface area (Å²) in [5.74, 6) is -0.102. The topological polar surface area (TPSA) is 59.8 Å². The first-order valence-corrected chi connectivity index (χ1v) is 10.7. The molecule has 0 aliphatic heterocycles. The Morgan fingerprint density at radius 2 is 1.97 bits per heavy atom. The van der Waals surface area contributed by atoms with Crippen LogP contribution in [0.25, 0.3) is 11.4 Å². The van der Waals surface area contributed by atoms with E-state index in [1.807, 2.05) is 4.57 Å². The van der Waals surface area contributed by atoms with Crippen LogP contribution in [-0.2, 0) is 4.79 Å². The lowest BCUT2D eigenvalue weighted by atomic mass is 10.2. The van der Waals surface area contributed by atoms with Gasteiger partial charge in [0, 0.05) is 6.04 Å². The normalized spacial score (nSPS) is 14.6. The third-order valence-corrected chi connectivity index (χ3v) is 6.43. The van der Waals surface area contributed by atoms with E-state index >= 15 is 0 Å². The minimum atomic E-state index is -0.472. The third-order valence-electron chi connectivity index (χ3n) is 4.55. The number of benzene rings is 2. The van der Waals surface area contributed by atoms with Gasteiger partial charge in [-0.05, 0) is 44.0 Å². The number of nitrogens with zero attached hydrogens (tertiary/aromatic N) is 3. The van der Waals surface area contributed by atoms with Gasteiger partial charge in [-0.15, -0.1) is 10.2 Å². The van der Waals surface area contributed by atoms with E-state index in [9.17, 15) is 9.18 Å². The number of nitrogens with one attached hydrogen (secondary N) is 1. The second kappa shape index (κ2) is 8.34. The average molecular weight is 451 g/mol. The van der Waals surface area contributed by atoms with Crippen molar-refractivity contribution in [2.24, 2.45) is 0 Å². The molecule has 1 aromatic heterocycles. The van der Waals surface area contributed by atoms with E-state index in [-0.39, 0.29) is 17.8 Å². The first kappa shape index (κ1) is 20.2. The summed E-state index contributed by atoms with van der Waals surface area (Å²) in [6, 6.07) is 11.8. The molecule has 0 bridgehead atoms. The van der Waals surface area contributed by atoms with Gasteiger partial charge in [-0.25, -0.2) is 4.39 Å². The van der Waals surface area contributed by atoms with Gasteiger partial charge in [0.2, 0.25) is 5.91 Å². The highest BCUT2D eigenvalue weighted by molar-refractivity contribution is 8.00. The molecule has 1 saturated carbocycles. The molecule has 4 rings (SSSR count). The van der Waals surface area contributed by atoms with Gasteiger partial charge in [-0.1, -0.05) is 53.2 Å². The maximum Gasteiger partial charge on any atom is 0.237 e. The summed E-state index contributed by atoms with van der Waals surface area (Å²) in [7, 11) is 0. The number of aromatic nitrogens is 3. The Bertz CT molecular complexity index is 1070. The quantitative estimate of drug-likeness (QED) is 0.478. The molecule has 0 saturated heterocycles. The maximum absolute atomic E-state index is 14.3. The van der Waals surface area contributed by atoms with Gasteiger partial charge in [-0.3, -0.25) is 9.36 Å². The molecule has 0 radical (unpaired) electrons. The van der Waals surface area contributed by atoms with Crippen LogP contribution in [0, 0.1) is 5.82 Å². The van der Waals surface area contributed by atoms with E-state index in [0.717, 1.165) is 12.8 Å². The molecule has 29 heavy (non-hydrogen) atoms. The summed E-state index contributed by atoms with van der Waals surface area (Å²) in [6.45, 7) is 1.77. The fourth-order valence-corrected chi connectivity index (χ4v) is 4.16.